The van der Waals surface area contributed by atoms with Crippen LogP contribution >= 0.6 is 0 Å². The Labute approximate surface area is 311 Å². The molecule has 8 aromatic carbocycles. The number of fused-ring (bicyclic) bond motifs is 9. The number of para-hydroxylation sites is 3. The summed E-state index contributed by atoms with van der Waals surface area (Å²) in [6.45, 7) is 0. The molecule has 3 heterocycles. The van der Waals surface area contributed by atoms with Crippen LogP contribution in [0.25, 0.3) is 110 Å². The van der Waals surface area contributed by atoms with Gasteiger partial charge in [-0.2, -0.15) is 0 Å². The highest BCUT2D eigenvalue weighted by atomic mass is 15.0. The van der Waals surface area contributed by atoms with Gasteiger partial charge in [0.15, 0.2) is 0 Å². The molecule has 3 nitrogen and oxygen atoms in total. The highest BCUT2D eigenvalue weighted by molar-refractivity contribution is 6.18. The van der Waals surface area contributed by atoms with E-state index in [4.69, 9.17) is 4.98 Å². The summed E-state index contributed by atoms with van der Waals surface area (Å²) in [5, 5.41) is 7.47. The molecule has 3 heteroatoms. The molecule has 0 fully saturated rings. The molecule has 0 aliphatic heterocycles. The maximum Gasteiger partial charge on any atom is 0.0781 e. The van der Waals surface area contributed by atoms with Gasteiger partial charge in [0.25, 0.3) is 0 Å². The molecule has 54 heavy (non-hydrogen) atoms. The molecule has 0 bridgehead atoms. The first-order chi connectivity index (χ1) is 26.8. The zero-order chi connectivity index (χ0) is 35.3. The molecule has 3 aromatic heterocycles. The van der Waals surface area contributed by atoms with Crippen LogP contribution < -0.4 is 0 Å². The third kappa shape index (κ3) is 4.09. The van der Waals surface area contributed by atoms with Crippen molar-refractivity contribution in [1.82, 2.24) is 14.1 Å². The van der Waals surface area contributed by atoms with Gasteiger partial charge in [-0.3, -0.25) is 4.98 Å². The lowest BCUT2D eigenvalue weighted by Crippen LogP contribution is -1.95. The number of pyridine rings is 1. The van der Waals surface area contributed by atoms with Gasteiger partial charge in [0.2, 0.25) is 0 Å². The second kappa shape index (κ2) is 11.1. The molecule has 12 rings (SSSR count). The van der Waals surface area contributed by atoms with E-state index in [1.807, 2.05) is 0 Å². The highest BCUT2D eigenvalue weighted by Gasteiger charge is 2.23. The first-order valence-electron chi connectivity index (χ1n) is 18.5. The van der Waals surface area contributed by atoms with Gasteiger partial charge in [-0.05, 0) is 82.4 Å². The SMILES string of the molecule is c1ccc(-n2c3ccccc3c3cc(-c4ccc5c6ccccc6n(-c6cccc(-c7ncc8c9c(cccc79)-c7ccccc7-8)c6)c5c4)ccc32)cc1. The van der Waals surface area contributed by atoms with E-state index in [-0.39, 0.29) is 0 Å². The van der Waals surface area contributed by atoms with Crippen LogP contribution in [0.2, 0.25) is 0 Å². The van der Waals surface area contributed by atoms with E-state index in [9.17, 15) is 0 Å². The lowest BCUT2D eigenvalue weighted by molar-refractivity contribution is 1.18. The fraction of sp³-hybridized carbons (Fsp3) is 0. The number of benzene rings is 8. The zero-order valence-electron chi connectivity index (χ0n) is 29.2. The maximum atomic E-state index is 5.14. The molecule has 1 aliphatic carbocycles. The second-order valence-corrected chi connectivity index (χ2v) is 14.3. The van der Waals surface area contributed by atoms with Crippen molar-refractivity contribution in [2.24, 2.45) is 0 Å². The van der Waals surface area contributed by atoms with Crippen LogP contribution in [0.4, 0.5) is 0 Å². The average Bonchev–Trinajstić information content (AvgIpc) is 3.87. The van der Waals surface area contributed by atoms with Crippen LogP contribution in [-0.2, 0) is 0 Å². The van der Waals surface area contributed by atoms with Gasteiger partial charge in [-0.1, -0.05) is 127 Å². The molecule has 250 valence electrons. The lowest BCUT2D eigenvalue weighted by atomic mass is 9.99. The fourth-order valence-corrected chi connectivity index (χ4v) is 9.14. The van der Waals surface area contributed by atoms with Gasteiger partial charge >= 0.3 is 0 Å². The summed E-state index contributed by atoms with van der Waals surface area (Å²) in [4.78, 5) is 5.14. The van der Waals surface area contributed by atoms with E-state index in [0.29, 0.717) is 0 Å². The summed E-state index contributed by atoms with van der Waals surface area (Å²) in [6, 6.07) is 66.2. The number of aromatic nitrogens is 3. The molecule has 1 aliphatic rings. The van der Waals surface area contributed by atoms with Gasteiger partial charge < -0.3 is 9.13 Å². The van der Waals surface area contributed by atoms with Crippen LogP contribution in [0.1, 0.15) is 0 Å². The minimum absolute atomic E-state index is 1.01. The average molecular weight is 686 g/mol. The van der Waals surface area contributed by atoms with Crippen molar-refractivity contribution in [1.29, 1.82) is 0 Å². The highest BCUT2D eigenvalue weighted by Crippen LogP contribution is 2.48. The summed E-state index contributed by atoms with van der Waals surface area (Å²) in [7, 11) is 0. The van der Waals surface area contributed by atoms with Crippen molar-refractivity contribution >= 4 is 54.4 Å². The summed E-state index contributed by atoms with van der Waals surface area (Å²) in [5.74, 6) is 0. The minimum atomic E-state index is 1.01. The van der Waals surface area contributed by atoms with Crippen molar-refractivity contribution in [2.75, 3.05) is 0 Å². The van der Waals surface area contributed by atoms with Gasteiger partial charge in [-0.15, -0.1) is 0 Å². The third-order valence-electron chi connectivity index (χ3n) is 11.5. The predicted molar refractivity (Wildman–Crippen MR) is 226 cm³/mol. The van der Waals surface area contributed by atoms with Crippen LogP contribution in [0.3, 0.4) is 0 Å². The Morgan fingerprint density at radius 1 is 0.315 bits per heavy atom. The van der Waals surface area contributed by atoms with Gasteiger partial charge in [0.05, 0.1) is 27.8 Å². The van der Waals surface area contributed by atoms with Gasteiger partial charge in [0, 0.05) is 61.0 Å². The van der Waals surface area contributed by atoms with Crippen molar-refractivity contribution in [3.05, 3.63) is 188 Å². The first-order valence-corrected chi connectivity index (χ1v) is 18.5. The summed E-state index contributed by atoms with van der Waals surface area (Å²) >= 11 is 0. The predicted octanol–water partition coefficient (Wildman–Crippen LogP) is 13.4. The minimum Gasteiger partial charge on any atom is -0.309 e. The molecule has 0 saturated carbocycles. The normalized spacial score (nSPS) is 12.1. The molecule has 0 atom stereocenters. The first kappa shape index (κ1) is 29.4. The maximum absolute atomic E-state index is 5.14. The Morgan fingerprint density at radius 2 is 0.889 bits per heavy atom. The van der Waals surface area contributed by atoms with E-state index >= 15 is 0 Å². The standard InChI is InChI=1S/C51H31N3/c1-2-13-35(14-3-1)53-47-23-9-7-19-40(47)44-29-32(25-27-48(44)53)33-24-26-41-39-18-6-8-22-46(39)54(49(41)30-33)36-15-10-12-34(28-36)51-43-21-11-20-42-37-16-4-5-17-38(37)45(31-52-51)50(42)43/h1-31H. The van der Waals surface area contributed by atoms with Crippen LogP contribution in [0.15, 0.2) is 188 Å². The van der Waals surface area contributed by atoms with Crippen LogP contribution in [0, 0.1) is 0 Å². The lowest BCUT2D eigenvalue weighted by Gasteiger charge is -2.13. The molecular weight excluding hydrogens is 655 g/mol. The molecule has 0 unspecified atom stereocenters. The molecule has 11 aromatic rings. The van der Waals surface area contributed by atoms with E-state index in [1.165, 1.54) is 93.5 Å². The molecule has 0 spiro atoms. The zero-order valence-corrected chi connectivity index (χ0v) is 29.2. The van der Waals surface area contributed by atoms with E-state index in [1.54, 1.807) is 0 Å². The smallest absolute Gasteiger partial charge is 0.0781 e. The fourth-order valence-electron chi connectivity index (χ4n) is 9.14. The number of hydrogen-bond acceptors (Lipinski definition) is 1. The molecular formula is C51H31N3. The largest absolute Gasteiger partial charge is 0.309 e. The quantitative estimate of drug-likeness (QED) is 0.181. The molecule has 0 amide bonds. The number of nitrogens with zero attached hydrogens (tertiary/aromatic N) is 3. The van der Waals surface area contributed by atoms with Crippen molar-refractivity contribution < 1.29 is 0 Å². The second-order valence-electron chi connectivity index (χ2n) is 14.3. The molecule has 0 saturated heterocycles. The van der Waals surface area contributed by atoms with Crippen LogP contribution in [-0.4, -0.2) is 14.1 Å². The Kier molecular flexibility index (Phi) is 6.05. The van der Waals surface area contributed by atoms with E-state index in [0.717, 1.165) is 16.9 Å². The number of rotatable bonds is 4. The topological polar surface area (TPSA) is 22.8 Å². The number of hydrogen-bond donors (Lipinski definition) is 0. The van der Waals surface area contributed by atoms with Crippen LogP contribution in [0.5, 0.6) is 0 Å². The van der Waals surface area contributed by atoms with E-state index < -0.39 is 0 Å². The Morgan fingerprint density at radius 3 is 1.72 bits per heavy atom. The summed E-state index contributed by atoms with van der Waals surface area (Å²) in [5.41, 5.74) is 16.6. The summed E-state index contributed by atoms with van der Waals surface area (Å²) < 4.78 is 4.80. The van der Waals surface area contributed by atoms with Crippen molar-refractivity contribution in [3.63, 3.8) is 0 Å². The van der Waals surface area contributed by atoms with Crippen molar-refractivity contribution in [3.8, 4) is 56.0 Å². The monoisotopic (exact) mass is 685 g/mol. The van der Waals surface area contributed by atoms with Gasteiger partial charge in [-0.25, -0.2) is 0 Å². The Hall–Kier alpha value is -7.23. The third-order valence-corrected chi connectivity index (χ3v) is 11.5. The molecule has 0 N–H and O–H groups in total. The summed E-state index contributed by atoms with van der Waals surface area (Å²) in [6.07, 6.45) is 2.07. The Bertz CT molecular complexity index is 3300. The van der Waals surface area contributed by atoms with E-state index in [2.05, 4.69) is 197 Å². The van der Waals surface area contributed by atoms with Crippen molar-refractivity contribution in [2.45, 2.75) is 0 Å². The Balaban J connectivity index is 1.04. The van der Waals surface area contributed by atoms with Gasteiger partial charge in [0.1, 0.15) is 0 Å². The molecule has 0 radical (unpaired) electrons.